The predicted molar refractivity (Wildman–Crippen MR) is 60.4 cm³/mol. The molecule has 0 unspecified atom stereocenters. The molecule has 0 spiro atoms. The van der Waals surface area contributed by atoms with E-state index in [0.717, 1.165) is 4.90 Å². The maximum absolute atomic E-state index is 7.28. The molecular weight excluding hydrogens is 224 g/mol. The molecule has 0 aliphatic heterocycles. The molecular formula is C9H10N6S. The summed E-state index contributed by atoms with van der Waals surface area (Å²) in [5.74, 6) is -0.0598. The van der Waals surface area contributed by atoms with Gasteiger partial charge in [-0.1, -0.05) is 0 Å². The highest BCUT2D eigenvalue weighted by Crippen LogP contribution is 2.23. The standard InChI is InChI=1S/C9H10N6S/c1-15-5-6(4-13-15)16-9-12-3-2-7(14-9)8(10)11/h2-5H,1H3,(H3,10,11). The maximum atomic E-state index is 7.28. The number of hydrogen-bond acceptors (Lipinski definition) is 5. The van der Waals surface area contributed by atoms with Crippen molar-refractivity contribution in [3.05, 3.63) is 30.4 Å². The number of nitrogens with one attached hydrogen (secondary N) is 1. The SMILES string of the molecule is Cn1cc(Sc2nccc(C(=N)N)n2)cn1. The van der Waals surface area contributed by atoms with Crippen LogP contribution in [0, 0.1) is 5.41 Å². The van der Waals surface area contributed by atoms with Crippen molar-refractivity contribution in [2.45, 2.75) is 10.1 Å². The van der Waals surface area contributed by atoms with Gasteiger partial charge in [0, 0.05) is 19.4 Å². The summed E-state index contributed by atoms with van der Waals surface area (Å²) in [7, 11) is 1.84. The lowest BCUT2D eigenvalue weighted by molar-refractivity contribution is 0.766. The summed E-state index contributed by atoms with van der Waals surface area (Å²) in [5, 5.41) is 11.9. The van der Waals surface area contributed by atoms with Gasteiger partial charge in [0.2, 0.25) is 0 Å². The molecule has 0 aromatic carbocycles. The monoisotopic (exact) mass is 234 g/mol. The number of nitrogens with two attached hydrogens (primary N) is 1. The number of aromatic nitrogens is 4. The quantitative estimate of drug-likeness (QED) is 0.462. The van der Waals surface area contributed by atoms with Crippen LogP contribution in [0.5, 0.6) is 0 Å². The van der Waals surface area contributed by atoms with Crippen LogP contribution in [0.25, 0.3) is 0 Å². The summed E-state index contributed by atoms with van der Waals surface area (Å²) in [6, 6.07) is 1.61. The van der Waals surface area contributed by atoms with E-state index in [-0.39, 0.29) is 5.84 Å². The van der Waals surface area contributed by atoms with Crippen molar-refractivity contribution in [2.24, 2.45) is 12.8 Å². The van der Waals surface area contributed by atoms with Gasteiger partial charge in [-0.15, -0.1) is 0 Å². The zero-order valence-electron chi connectivity index (χ0n) is 8.58. The van der Waals surface area contributed by atoms with E-state index in [2.05, 4.69) is 15.1 Å². The zero-order valence-corrected chi connectivity index (χ0v) is 9.40. The minimum absolute atomic E-state index is 0.0598. The lowest BCUT2D eigenvalue weighted by Gasteiger charge is -1.99. The van der Waals surface area contributed by atoms with Crippen LogP contribution >= 0.6 is 11.8 Å². The van der Waals surface area contributed by atoms with Gasteiger partial charge in [0.15, 0.2) is 5.16 Å². The molecule has 0 atom stereocenters. The molecule has 0 saturated carbocycles. The first-order valence-corrected chi connectivity index (χ1v) is 5.31. The number of aryl methyl sites for hydroxylation is 1. The van der Waals surface area contributed by atoms with Gasteiger partial charge in [0.25, 0.3) is 0 Å². The fourth-order valence-corrected chi connectivity index (χ4v) is 1.87. The van der Waals surface area contributed by atoms with E-state index in [1.54, 1.807) is 23.1 Å². The Bertz CT molecular complexity index is 520. The molecule has 2 rings (SSSR count). The second kappa shape index (κ2) is 4.31. The van der Waals surface area contributed by atoms with E-state index in [9.17, 15) is 0 Å². The van der Waals surface area contributed by atoms with Crippen LogP contribution in [0.3, 0.4) is 0 Å². The van der Waals surface area contributed by atoms with E-state index in [1.807, 2.05) is 13.2 Å². The Labute approximate surface area is 96.4 Å². The normalized spacial score (nSPS) is 10.3. The lowest BCUT2D eigenvalue weighted by Crippen LogP contribution is -2.13. The molecule has 16 heavy (non-hydrogen) atoms. The molecule has 0 saturated heterocycles. The summed E-state index contributed by atoms with van der Waals surface area (Å²) in [4.78, 5) is 9.18. The average molecular weight is 234 g/mol. The lowest BCUT2D eigenvalue weighted by atomic mass is 10.4. The van der Waals surface area contributed by atoms with Crippen LogP contribution in [-0.4, -0.2) is 25.6 Å². The molecule has 0 aliphatic carbocycles. The third-order valence-corrected chi connectivity index (χ3v) is 2.63. The average Bonchev–Trinajstić information content (AvgIpc) is 2.64. The molecule has 0 fully saturated rings. The van der Waals surface area contributed by atoms with Crippen molar-refractivity contribution in [3.63, 3.8) is 0 Å². The summed E-state index contributed by atoms with van der Waals surface area (Å²) in [6.07, 6.45) is 5.19. The largest absolute Gasteiger partial charge is 0.382 e. The summed E-state index contributed by atoms with van der Waals surface area (Å²) < 4.78 is 1.71. The van der Waals surface area contributed by atoms with Crippen LogP contribution in [0.4, 0.5) is 0 Å². The highest BCUT2D eigenvalue weighted by atomic mass is 32.2. The van der Waals surface area contributed by atoms with Gasteiger partial charge < -0.3 is 5.73 Å². The fourth-order valence-electron chi connectivity index (χ4n) is 1.10. The van der Waals surface area contributed by atoms with Crippen molar-refractivity contribution in [2.75, 3.05) is 0 Å². The van der Waals surface area contributed by atoms with E-state index in [4.69, 9.17) is 11.1 Å². The molecule has 0 aliphatic rings. The number of hydrogen-bond donors (Lipinski definition) is 2. The van der Waals surface area contributed by atoms with Gasteiger partial charge in [0.1, 0.15) is 11.5 Å². The van der Waals surface area contributed by atoms with Gasteiger partial charge in [-0.2, -0.15) is 5.10 Å². The topological polar surface area (TPSA) is 93.5 Å². The minimum atomic E-state index is -0.0598. The van der Waals surface area contributed by atoms with Crippen molar-refractivity contribution >= 4 is 17.6 Å². The third kappa shape index (κ3) is 2.37. The molecule has 0 radical (unpaired) electrons. The van der Waals surface area contributed by atoms with Crippen molar-refractivity contribution in [1.82, 2.24) is 19.7 Å². The second-order valence-electron chi connectivity index (χ2n) is 3.09. The predicted octanol–water partition coefficient (Wildman–Crippen LogP) is 0.645. The van der Waals surface area contributed by atoms with Gasteiger partial charge in [-0.3, -0.25) is 10.1 Å². The molecule has 82 valence electrons. The van der Waals surface area contributed by atoms with Gasteiger partial charge >= 0.3 is 0 Å². The first-order chi connectivity index (χ1) is 7.65. The van der Waals surface area contributed by atoms with Crippen molar-refractivity contribution in [1.29, 1.82) is 5.41 Å². The Morgan fingerprint density at radius 1 is 1.56 bits per heavy atom. The smallest absolute Gasteiger partial charge is 0.193 e. The van der Waals surface area contributed by atoms with Crippen LogP contribution < -0.4 is 5.73 Å². The molecule has 2 heterocycles. The Morgan fingerprint density at radius 2 is 2.38 bits per heavy atom. The Kier molecular flexibility index (Phi) is 2.86. The first-order valence-electron chi connectivity index (χ1n) is 4.49. The molecule has 0 bridgehead atoms. The zero-order chi connectivity index (χ0) is 11.5. The maximum Gasteiger partial charge on any atom is 0.193 e. The fraction of sp³-hybridized carbons (Fsp3) is 0.111. The minimum Gasteiger partial charge on any atom is -0.382 e. The van der Waals surface area contributed by atoms with Crippen molar-refractivity contribution < 1.29 is 0 Å². The molecule has 2 aromatic rings. The number of amidine groups is 1. The second-order valence-corrected chi connectivity index (χ2v) is 4.13. The summed E-state index contributed by atoms with van der Waals surface area (Å²) in [5.41, 5.74) is 5.78. The van der Waals surface area contributed by atoms with Crippen LogP contribution in [-0.2, 0) is 7.05 Å². The van der Waals surface area contributed by atoms with Gasteiger partial charge in [0.05, 0.1) is 11.1 Å². The van der Waals surface area contributed by atoms with E-state index >= 15 is 0 Å². The molecule has 0 amide bonds. The Morgan fingerprint density at radius 3 is 3.00 bits per heavy atom. The van der Waals surface area contributed by atoms with E-state index in [0.29, 0.717) is 10.9 Å². The van der Waals surface area contributed by atoms with E-state index in [1.165, 1.54) is 11.8 Å². The van der Waals surface area contributed by atoms with Crippen molar-refractivity contribution in [3.8, 4) is 0 Å². The number of rotatable bonds is 3. The van der Waals surface area contributed by atoms with Gasteiger partial charge in [-0.05, 0) is 17.8 Å². The summed E-state index contributed by atoms with van der Waals surface area (Å²) >= 11 is 1.38. The molecule has 7 heteroatoms. The highest BCUT2D eigenvalue weighted by molar-refractivity contribution is 7.99. The highest BCUT2D eigenvalue weighted by Gasteiger charge is 2.05. The van der Waals surface area contributed by atoms with Crippen LogP contribution in [0.2, 0.25) is 0 Å². The molecule has 6 nitrogen and oxygen atoms in total. The number of nitrogens with zero attached hydrogens (tertiary/aromatic N) is 4. The number of nitrogen functional groups attached to an aromatic ring is 1. The Balaban J connectivity index is 2.21. The third-order valence-electron chi connectivity index (χ3n) is 1.80. The summed E-state index contributed by atoms with van der Waals surface area (Å²) in [6.45, 7) is 0. The molecule has 2 aromatic heterocycles. The molecule has 3 N–H and O–H groups in total. The van der Waals surface area contributed by atoms with E-state index < -0.39 is 0 Å². The van der Waals surface area contributed by atoms with Crippen LogP contribution in [0.1, 0.15) is 5.69 Å². The van der Waals surface area contributed by atoms with Gasteiger partial charge in [-0.25, -0.2) is 9.97 Å². The Hall–Kier alpha value is -1.89. The van der Waals surface area contributed by atoms with Crippen LogP contribution in [0.15, 0.2) is 34.7 Å². The first kappa shape index (κ1) is 10.6.